The number of aryl methyl sites for hydroxylation is 1. The van der Waals surface area contributed by atoms with E-state index in [0.717, 1.165) is 21.9 Å². The molecule has 0 spiro atoms. The molecule has 0 saturated heterocycles. The Kier molecular flexibility index (Phi) is 2.48. The van der Waals surface area contributed by atoms with Crippen LogP contribution < -0.4 is 5.63 Å². The maximum atomic E-state index is 12.3. The van der Waals surface area contributed by atoms with E-state index in [1.54, 1.807) is 6.07 Å². The van der Waals surface area contributed by atoms with Crippen LogP contribution in [-0.4, -0.2) is 4.98 Å². The van der Waals surface area contributed by atoms with Crippen molar-refractivity contribution in [2.45, 2.75) is 6.92 Å². The first-order chi connectivity index (χ1) is 10.2. The molecule has 0 aliphatic rings. The first-order valence-electron chi connectivity index (χ1n) is 6.83. The topological polar surface area (TPSA) is 46.0 Å². The van der Waals surface area contributed by atoms with E-state index in [9.17, 15) is 4.79 Å². The van der Waals surface area contributed by atoms with Crippen LogP contribution in [0.1, 0.15) is 5.56 Å². The number of H-pyrrole nitrogens is 1. The fourth-order valence-electron chi connectivity index (χ4n) is 2.71. The molecule has 4 aromatic rings. The predicted molar refractivity (Wildman–Crippen MR) is 84.5 cm³/mol. The smallest absolute Gasteiger partial charge is 0.344 e. The van der Waals surface area contributed by atoms with Gasteiger partial charge >= 0.3 is 5.63 Å². The molecule has 1 N–H and O–H groups in total. The molecule has 102 valence electrons. The monoisotopic (exact) mass is 275 g/mol. The summed E-state index contributed by atoms with van der Waals surface area (Å²) < 4.78 is 5.42. The number of benzene rings is 2. The molecule has 0 aliphatic heterocycles. The van der Waals surface area contributed by atoms with Crippen LogP contribution in [0.5, 0.6) is 0 Å². The van der Waals surface area contributed by atoms with Crippen molar-refractivity contribution in [3.63, 3.8) is 0 Å². The van der Waals surface area contributed by atoms with Crippen molar-refractivity contribution in [1.82, 2.24) is 4.98 Å². The van der Waals surface area contributed by atoms with Crippen molar-refractivity contribution in [1.29, 1.82) is 0 Å². The highest BCUT2D eigenvalue weighted by Gasteiger charge is 2.12. The molecule has 0 fully saturated rings. The average Bonchev–Trinajstić information content (AvgIpc) is 2.89. The lowest BCUT2D eigenvalue weighted by Crippen LogP contribution is -2.02. The van der Waals surface area contributed by atoms with Crippen molar-refractivity contribution in [3.05, 3.63) is 70.7 Å². The quantitative estimate of drug-likeness (QED) is 0.528. The molecule has 2 aromatic heterocycles. The zero-order valence-corrected chi connectivity index (χ0v) is 11.5. The van der Waals surface area contributed by atoms with Crippen molar-refractivity contribution in [2.75, 3.05) is 0 Å². The molecule has 0 saturated carbocycles. The van der Waals surface area contributed by atoms with Crippen LogP contribution >= 0.6 is 0 Å². The summed E-state index contributed by atoms with van der Waals surface area (Å²) in [7, 11) is 0. The number of nitrogens with one attached hydrogen (secondary N) is 1. The SMILES string of the molecule is Cc1ccc2c(-c3cc4ccccc4oc3=O)c[nH]c2c1. The minimum absolute atomic E-state index is 0.310. The molecule has 0 aliphatic carbocycles. The zero-order valence-electron chi connectivity index (χ0n) is 11.5. The Balaban J connectivity index is 2.04. The van der Waals surface area contributed by atoms with Gasteiger partial charge in [0, 0.05) is 28.0 Å². The molecular weight excluding hydrogens is 262 g/mol. The summed E-state index contributed by atoms with van der Waals surface area (Å²) in [6.45, 7) is 2.05. The van der Waals surface area contributed by atoms with Crippen molar-refractivity contribution >= 4 is 21.9 Å². The van der Waals surface area contributed by atoms with Gasteiger partial charge in [-0.2, -0.15) is 0 Å². The number of aromatic nitrogens is 1. The molecule has 3 heteroatoms. The molecule has 0 atom stereocenters. The molecule has 0 bridgehead atoms. The van der Waals surface area contributed by atoms with Gasteiger partial charge in [0.25, 0.3) is 0 Å². The van der Waals surface area contributed by atoms with Gasteiger partial charge in [0.15, 0.2) is 0 Å². The fraction of sp³-hybridized carbons (Fsp3) is 0.0556. The van der Waals surface area contributed by atoms with E-state index in [1.165, 1.54) is 5.56 Å². The molecule has 2 heterocycles. The Morgan fingerprint density at radius 1 is 1.00 bits per heavy atom. The van der Waals surface area contributed by atoms with Gasteiger partial charge in [0.1, 0.15) is 5.58 Å². The van der Waals surface area contributed by atoms with Crippen LogP contribution in [0, 0.1) is 6.92 Å². The Morgan fingerprint density at radius 2 is 1.86 bits per heavy atom. The first kappa shape index (κ1) is 12.0. The Bertz CT molecular complexity index is 1020. The maximum absolute atomic E-state index is 12.3. The van der Waals surface area contributed by atoms with E-state index in [0.29, 0.717) is 11.1 Å². The van der Waals surface area contributed by atoms with Crippen molar-refractivity contribution < 1.29 is 4.42 Å². The van der Waals surface area contributed by atoms with E-state index in [2.05, 4.69) is 11.1 Å². The normalized spacial score (nSPS) is 11.3. The molecule has 21 heavy (non-hydrogen) atoms. The lowest BCUT2D eigenvalue weighted by atomic mass is 10.0. The van der Waals surface area contributed by atoms with Crippen LogP contribution in [0.2, 0.25) is 0 Å². The highest BCUT2D eigenvalue weighted by molar-refractivity contribution is 5.97. The third kappa shape index (κ3) is 1.86. The van der Waals surface area contributed by atoms with E-state index >= 15 is 0 Å². The predicted octanol–water partition coefficient (Wildman–Crippen LogP) is 4.25. The van der Waals surface area contributed by atoms with Gasteiger partial charge in [-0.3, -0.25) is 0 Å². The van der Waals surface area contributed by atoms with Gasteiger partial charge in [-0.05, 0) is 30.7 Å². The van der Waals surface area contributed by atoms with Crippen LogP contribution in [0.3, 0.4) is 0 Å². The molecule has 0 unspecified atom stereocenters. The number of hydrogen-bond donors (Lipinski definition) is 1. The Hall–Kier alpha value is -2.81. The lowest BCUT2D eigenvalue weighted by molar-refractivity contribution is 0.563. The average molecular weight is 275 g/mol. The summed E-state index contributed by atoms with van der Waals surface area (Å²) in [5.74, 6) is 0. The third-order valence-corrected chi connectivity index (χ3v) is 3.77. The molecule has 3 nitrogen and oxygen atoms in total. The largest absolute Gasteiger partial charge is 0.422 e. The number of para-hydroxylation sites is 1. The van der Waals surface area contributed by atoms with Crippen molar-refractivity contribution in [2.24, 2.45) is 0 Å². The summed E-state index contributed by atoms with van der Waals surface area (Å²) >= 11 is 0. The van der Waals surface area contributed by atoms with Gasteiger partial charge in [-0.25, -0.2) is 4.79 Å². The van der Waals surface area contributed by atoms with E-state index in [4.69, 9.17) is 4.42 Å². The summed E-state index contributed by atoms with van der Waals surface area (Å²) in [5.41, 5.74) is 3.98. The maximum Gasteiger partial charge on any atom is 0.344 e. The lowest BCUT2D eigenvalue weighted by Gasteiger charge is -2.01. The second-order valence-electron chi connectivity index (χ2n) is 5.24. The zero-order chi connectivity index (χ0) is 14.4. The Labute approximate surface area is 120 Å². The summed E-state index contributed by atoms with van der Waals surface area (Å²) in [4.78, 5) is 15.5. The van der Waals surface area contributed by atoms with Crippen LogP contribution in [-0.2, 0) is 0 Å². The second-order valence-corrected chi connectivity index (χ2v) is 5.24. The minimum atomic E-state index is -0.310. The molecule has 0 radical (unpaired) electrons. The minimum Gasteiger partial charge on any atom is -0.422 e. The summed E-state index contributed by atoms with van der Waals surface area (Å²) in [5, 5.41) is 1.96. The van der Waals surface area contributed by atoms with Crippen LogP contribution in [0.25, 0.3) is 33.0 Å². The number of fused-ring (bicyclic) bond motifs is 2. The number of rotatable bonds is 1. The second kappa shape index (κ2) is 4.35. The molecular formula is C18H13NO2. The van der Waals surface area contributed by atoms with Gasteiger partial charge < -0.3 is 9.40 Å². The molecule has 4 rings (SSSR count). The van der Waals surface area contributed by atoms with Gasteiger partial charge in [0.2, 0.25) is 0 Å². The van der Waals surface area contributed by atoms with Crippen molar-refractivity contribution in [3.8, 4) is 11.1 Å². The van der Waals surface area contributed by atoms with Gasteiger partial charge in [-0.1, -0.05) is 30.3 Å². The Morgan fingerprint density at radius 3 is 2.76 bits per heavy atom. The number of hydrogen-bond acceptors (Lipinski definition) is 2. The standard InChI is InChI=1S/C18H13NO2/c1-11-6-7-13-15(10-19-16(13)8-11)14-9-12-4-2-3-5-17(12)21-18(14)20/h2-10,19H,1H3. The van der Waals surface area contributed by atoms with E-state index in [-0.39, 0.29) is 5.63 Å². The van der Waals surface area contributed by atoms with E-state index in [1.807, 2.05) is 49.5 Å². The summed E-state index contributed by atoms with van der Waals surface area (Å²) in [6.07, 6.45) is 1.87. The highest BCUT2D eigenvalue weighted by Crippen LogP contribution is 2.28. The highest BCUT2D eigenvalue weighted by atomic mass is 16.4. The molecule has 2 aromatic carbocycles. The van der Waals surface area contributed by atoms with Crippen LogP contribution in [0.4, 0.5) is 0 Å². The fourth-order valence-corrected chi connectivity index (χ4v) is 2.71. The number of aromatic amines is 1. The van der Waals surface area contributed by atoms with Crippen LogP contribution in [0.15, 0.2) is 63.9 Å². The first-order valence-corrected chi connectivity index (χ1v) is 6.83. The van der Waals surface area contributed by atoms with E-state index < -0.39 is 0 Å². The van der Waals surface area contributed by atoms with Gasteiger partial charge in [0.05, 0.1) is 5.56 Å². The molecule has 0 amide bonds. The van der Waals surface area contributed by atoms with Gasteiger partial charge in [-0.15, -0.1) is 0 Å². The summed E-state index contributed by atoms with van der Waals surface area (Å²) in [6, 6.07) is 15.6. The third-order valence-electron chi connectivity index (χ3n) is 3.77.